The smallest absolute Gasteiger partial charge is 0.0327 e. The van der Waals surface area contributed by atoms with Gasteiger partial charge in [-0.05, 0) is 38.5 Å². The van der Waals surface area contributed by atoms with E-state index in [0.717, 1.165) is 6.42 Å². The monoisotopic (exact) mass is 258 g/mol. The molecule has 1 rings (SSSR count). The molecule has 0 radical (unpaired) electrons. The van der Waals surface area contributed by atoms with Crippen LogP contribution in [-0.2, 0) is 6.42 Å². The quantitative estimate of drug-likeness (QED) is 0.701. The van der Waals surface area contributed by atoms with Crippen LogP contribution in [0.25, 0.3) is 6.08 Å². The molecule has 0 aromatic carbocycles. The first kappa shape index (κ1) is 11.0. The first-order valence-electron chi connectivity index (χ1n) is 4.54. The van der Waals surface area contributed by atoms with Crippen molar-refractivity contribution in [2.45, 2.75) is 32.0 Å². The summed E-state index contributed by atoms with van der Waals surface area (Å²) in [6.45, 7) is 6.50. The van der Waals surface area contributed by atoms with Crippen LogP contribution in [0.15, 0.2) is 17.7 Å². The van der Waals surface area contributed by atoms with Gasteiger partial charge in [0.25, 0.3) is 0 Å². The van der Waals surface area contributed by atoms with E-state index in [2.05, 4.69) is 54.9 Å². The zero-order valence-electron chi connectivity index (χ0n) is 8.30. The first-order valence-corrected chi connectivity index (χ1v) is 6.27. The van der Waals surface area contributed by atoms with Gasteiger partial charge in [-0.2, -0.15) is 0 Å². The summed E-state index contributed by atoms with van der Waals surface area (Å²) in [5.74, 6) is 0. The van der Waals surface area contributed by atoms with E-state index in [4.69, 9.17) is 0 Å². The maximum atomic E-state index is 3.56. The van der Waals surface area contributed by atoms with Gasteiger partial charge < -0.3 is 0 Å². The predicted molar refractivity (Wildman–Crippen MR) is 65.7 cm³/mol. The van der Waals surface area contributed by atoms with Crippen molar-refractivity contribution in [3.8, 4) is 0 Å². The number of allylic oxidation sites excluding steroid dienone is 1. The maximum Gasteiger partial charge on any atom is 0.0327 e. The van der Waals surface area contributed by atoms with Crippen molar-refractivity contribution in [3.05, 3.63) is 27.5 Å². The molecule has 0 aliphatic carbocycles. The topological polar surface area (TPSA) is 0 Å². The van der Waals surface area contributed by atoms with Crippen molar-refractivity contribution in [3.63, 3.8) is 0 Å². The van der Waals surface area contributed by atoms with Crippen molar-refractivity contribution >= 4 is 33.3 Å². The Kier molecular flexibility index (Phi) is 4.20. The molecule has 0 N–H and O–H groups in total. The van der Waals surface area contributed by atoms with Gasteiger partial charge in [0.15, 0.2) is 0 Å². The lowest BCUT2D eigenvalue weighted by Gasteiger charge is -2.00. The zero-order valence-corrected chi connectivity index (χ0v) is 10.7. The van der Waals surface area contributed by atoms with Crippen LogP contribution in [0.1, 0.15) is 30.5 Å². The number of halogens is 1. The van der Waals surface area contributed by atoms with Gasteiger partial charge in [-0.3, -0.25) is 0 Å². The Balaban J connectivity index is 2.79. The van der Waals surface area contributed by atoms with Crippen molar-refractivity contribution < 1.29 is 0 Å². The Morgan fingerprint density at radius 2 is 2.31 bits per heavy atom. The van der Waals surface area contributed by atoms with Crippen LogP contribution in [0.4, 0.5) is 0 Å². The third kappa shape index (κ3) is 3.28. The Labute approximate surface area is 92.8 Å². The van der Waals surface area contributed by atoms with Crippen LogP contribution in [-0.4, -0.2) is 4.83 Å². The lowest BCUT2D eigenvalue weighted by Crippen LogP contribution is -1.89. The molecule has 13 heavy (non-hydrogen) atoms. The molecule has 0 fully saturated rings. The van der Waals surface area contributed by atoms with Gasteiger partial charge in [0, 0.05) is 14.6 Å². The Hall–Kier alpha value is -0.0800. The van der Waals surface area contributed by atoms with E-state index in [1.165, 1.54) is 15.3 Å². The van der Waals surface area contributed by atoms with E-state index in [1.807, 2.05) is 11.3 Å². The molecule has 1 atom stereocenters. The second kappa shape index (κ2) is 4.97. The van der Waals surface area contributed by atoms with Crippen molar-refractivity contribution in [2.24, 2.45) is 0 Å². The van der Waals surface area contributed by atoms with Crippen molar-refractivity contribution in [1.82, 2.24) is 0 Å². The summed E-state index contributed by atoms with van der Waals surface area (Å²) in [5.41, 5.74) is 1.38. The number of rotatable bonds is 3. The molecule has 72 valence electrons. The lowest BCUT2D eigenvalue weighted by molar-refractivity contribution is 1.16. The molecular weight excluding hydrogens is 244 g/mol. The molecule has 0 bridgehead atoms. The minimum Gasteiger partial charge on any atom is -0.141 e. The highest BCUT2D eigenvalue weighted by Crippen LogP contribution is 2.22. The number of hydrogen-bond acceptors (Lipinski definition) is 1. The van der Waals surface area contributed by atoms with E-state index in [1.54, 1.807) is 0 Å². The normalized spacial score (nSPS) is 14.6. The molecule has 2 heteroatoms. The molecule has 0 nitrogen and oxygen atoms in total. The average Bonchev–Trinajstić information content (AvgIpc) is 2.52. The highest BCUT2D eigenvalue weighted by Gasteiger charge is 2.00. The molecule has 1 heterocycles. The standard InChI is InChI=1S/C11H15BrS/c1-4-10-5-6-11(13-10)7-8(2)9(3)12/h5-7,9H,4H2,1-3H3/b8-7-. The number of alkyl halides is 1. The largest absolute Gasteiger partial charge is 0.141 e. The van der Waals surface area contributed by atoms with Gasteiger partial charge in [0.1, 0.15) is 0 Å². The highest BCUT2D eigenvalue weighted by molar-refractivity contribution is 9.09. The zero-order chi connectivity index (χ0) is 9.84. The van der Waals surface area contributed by atoms with Gasteiger partial charge in [0.05, 0.1) is 0 Å². The minimum atomic E-state index is 0.472. The Morgan fingerprint density at radius 1 is 1.62 bits per heavy atom. The molecule has 1 aromatic heterocycles. The highest BCUT2D eigenvalue weighted by atomic mass is 79.9. The summed E-state index contributed by atoms with van der Waals surface area (Å²) in [7, 11) is 0. The number of thiophene rings is 1. The predicted octanol–water partition coefficient (Wildman–Crippen LogP) is 4.50. The van der Waals surface area contributed by atoms with E-state index in [-0.39, 0.29) is 0 Å². The molecule has 1 aromatic rings. The van der Waals surface area contributed by atoms with E-state index in [9.17, 15) is 0 Å². The summed E-state index contributed by atoms with van der Waals surface area (Å²) in [6, 6.07) is 4.41. The van der Waals surface area contributed by atoms with Crippen LogP contribution in [0.5, 0.6) is 0 Å². The second-order valence-corrected chi connectivity index (χ2v) is 5.74. The second-order valence-electron chi connectivity index (χ2n) is 3.16. The fourth-order valence-electron chi connectivity index (χ4n) is 1.00. The molecular formula is C11H15BrS. The van der Waals surface area contributed by atoms with E-state index < -0.39 is 0 Å². The first-order chi connectivity index (χ1) is 6.13. The molecule has 0 saturated carbocycles. The molecule has 1 unspecified atom stereocenters. The van der Waals surface area contributed by atoms with Crippen LogP contribution in [0.3, 0.4) is 0 Å². The summed E-state index contributed by atoms with van der Waals surface area (Å²) in [5, 5.41) is 0. The lowest BCUT2D eigenvalue weighted by atomic mass is 10.2. The fourth-order valence-corrected chi connectivity index (χ4v) is 2.10. The summed E-state index contributed by atoms with van der Waals surface area (Å²) in [6.07, 6.45) is 3.39. The van der Waals surface area contributed by atoms with Gasteiger partial charge >= 0.3 is 0 Å². The van der Waals surface area contributed by atoms with E-state index >= 15 is 0 Å². The minimum absolute atomic E-state index is 0.472. The average molecular weight is 259 g/mol. The molecule has 0 aliphatic heterocycles. The van der Waals surface area contributed by atoms with Crippen molar-refractivity contribution in [1.29, 1.82) is 0 Å². The van der Waals surface area contributed by atoms with Gasteiger partial charge in [0.2, 0.25) is 0 Å². The molecule has 0 spiro atoms. The third-order valence-corrected chi connectivity index (χ3v) is 3.93. The Morgan fingerprint density at radius 3 is 2.77 bits per heavy atom. The van der Waals surface area contributed by atoms with E-state index in [0.29, 0.717) is 4.83 Å². The number of aryl methyl sites for hydroxylation is 1. The SMILES string of the molecule is CCc1ccc(/C=C(/C)C(C)Br)s1. The molecule has 0 amide bonds. The molecule has 0 saturated heterocycles. The third-order valence-electron chi connectivity index (χ3n) is 2.03. The molecule has 0 aliphatic rings. The summed E-state index contributed by atoms with van der Waals surface area (Å²) >= 11 is 5.44. The van der Waals surface area contributed by atoms with Crippen LogP contribution >= 0.6 is 27.3 Å². The van der Waals surface area contributed by atoms with Gasteiger partial charge in [-0.25, -0.2) is 0 Å². The van der Waals surface area contributed by atoms with Crippen molar-refractivity contribution in [2.75, 3.05) is 0 Å². The summed E-state index contributed by atoms with van der Waals surface area (Å²) in [4.78, 5) is 3.29. The van der Waals surface area contributed by atoms with Crippen LogP contribution < -0.4 is 0 Å². The van der Waals surface area contributed by atoms with Gasteiger partial charge in [-0.1, -0.05) is 28.4 Å². The van der Waals surface area contributed by atoms with Crippen LogP contribution in [0.2, 0.25) is 0 Å². The maximum absolute atomic E-state index is 3.56. The summed E-state index contributed by atoms with van der Waals surface area (Å²) < 4.78 is 0. The Bertz CT molecular complexity index is 297. The number of hydrogen-bond donors (Lipinski definition) is 0. The fraction of sp³-hybridized carbons (Fsp3) is 0.455. The van der Waals surface area contributed by atoms with Crippen LogP contribution in [0, 0.1) is 0 Å². The van der Waals surface area contributed by atoms with Gasteiger partial charge in [-0.15, -0.1) is 11.3 Å².